The molecule has 22 heavy (non-hydrogen) atoms. The minimum absolute atomic E-state index is 0.0791. The molecule has 6 heteroatoms. The number of Topliss-reactive ketones (excluding diaryl/α,β-unsaturated/α-hetero) is 1. The van der Waals surface area contributed by atoms with Gasteiger partial charge in [0.05, 0.1) is 17.3 Å². The van der Waals surface area contributed by atoms with Crippen LogP contribution in [-0.2, 0) is 11.0 Å². The lowest BCUT2D eigenvalue weighted by Gasteiger charge is -2.17. The summed E-state index contributed by atoms with van der Waals surface area (Å²) in [4.78, 5) is 16.1. The maximum atomic E-state index is 12.5. The highest BCUT2D eigenvalue weighted by atomic mass is 19.4. The van der Waals surface area contributed by atoms with Crippen molar-refractivity contribution >= 4 is 5.78 Å². The number of halogens is 3. The molecule has 3 nitrogen and oxygen atoms in total. The summed E-state index contributed by atoms with van der Waals surface area (Å²) < 4.78 is 37.5. The van der Waals surface area contributed by atoms with Gasteiger partial charge in [0.1, 0.15) is 5.92 Å². The number of nitrogens with zero attached hydrogens (tertiary/aromatic N) is 2. The van der Waals surface area contributed by atoms with Crippen molar-refractivity contribution < 1.29 is 18.0 Å². The van der Waals surface area contributed by atoms with Gasteiger partial charge in [-0.1, -0.05) is 26.7 Å². The standard InChI is InChI=1S/C16H19F3N2O/c1-3-5-6-11(4-2)15(22)13(9-20)14-8-7-12(10-21-14)16(17,18)19/h7-8,10-11,13H,3-6H2,1-2H3. The van der Waals surface area contributed by atoms with E-state index < -0.39 is 17.7 Å². The molecule has 0 aliphatic carbocycles. The summed E-state index contributed by atoms with van der Waals surface area (Å²) >= 11 is 0. The van der Waals surface area contributed by atoms with Gasteiger partial charge in [0.15, 0.2) is 5.78 Å². The van der Waals surface area contributed by atoms with Crippen LogP contribution in [0.5, 0.6) is 0 Å². The molecule has 0 amide bonds. The maximum absolute atomic E-state index is 12.5. The van der Waals surface area contributed by atoms with Crippen molar-refractivity contribution in [3.63, 3.8) is 0 Å². The third-order valence-electron chi connectivity index (χ3n) is 3.62. The molecule has 1 aromatic heterocycles. The second-order valence-electron chi connectivity index (χ2n) is 5.18. The van der Waals surface area contributed by atoms with E-state index in [0.717, 1.165) is 25.0 Å². The van der Waals surface area contributed by atoms with Crippen molar-refractivity contribution in [3.8, 4) is 6.07 Å². The van der Waals surface area contributed by atoms with E-state index in [2.05, 4.69) is 4.98 Å². The molecule has 0 aliphatic rings. The Bertz CT molecular complexity index is 532. The first kappa shape index (κ1) is 18.1. The molecule has 0 aliphatic heterocycles. The van der Waals surface area contributed by atoms with Crippen LogP contribution in [-0.4, -0.2) is 10.8 Å². The van der Waals surface area contributed by atoms with Crippen LogP contribution in [0.25, 0.3) is 0 Å². The van der Waals surface area contributed by atoms with Gasteiger partial charge in [-0.05, 0) is 25.0 Å². The minimum atomic E-state index is -4.48. The van der Waals surface area contributed by atoms with Crippen LogP contribution in [0.3, 0.4) is 0 Å². The van der Waals surface area contributed by atoms with Gasteiger partial charge in [-0.25, -0.2) is 0 Å². The van der Waals surface area contributed by atoms with E-state index in [1.807, 2.05) is 19.9 Å². The molecule has 2 unspecified atom stereocenters. The smallest absolute Gasteiger partial charge is 0.297 e. The van der Waals surface area contributed by atoms with Gasteiger partial charge in [-0.15, -0.1) is 0 Å². The summed E-state index contributed by atoms with van der Waals surface area (Å²) in [7, 11) is 0. The second-order valence-corrected chi connectivity index (χ2v) is 5.18. The fourth-order valence-corrected chi connectivity index (χ4v) is 2.25. The molecule has 1 aromatic rings. The molecule has 0 N–H and O–H groups in total. The number of rotatable bonds is 7. The molecule has 0 aromatic carbocycles. The van der Waals surface area contributed by atoms with E-state index in [9.17, 15) is 23.2 Å². The lowest BCUT2D eigenvalue weighted by Crippen LogP contribution is -2.22. The zero-order chi connectivity index (χ0) is 16.8. The van der Waals surface area contributed by atoms with Gasteiger partial charge >= 0.3 is 6.18 Å². The number of carbonyl (C=O) groups is 1. The van der Waals surface area contributed by atoms with Gasteiger partial charge < -0.3 is 0 Å². The number of pyridine rings is 1. The van der Waals surface area contributed by atoms with E-state index >= 15 is 0 Å². The van der Waals surface area contributed by atoms with Crippen LogP contribution in [0, 0.1) is 17.2 Å². The summed E-state index contributed by atoms with van der Waals surface area (Å²) in [5, 5.41) is 9.22. The monoisotopic (exact) mass is 312 g/mol. The minimum Gasteiger partial charge on any atom is -0.297 e. The molecule has 0 bridgehead atoms. The Kier molecular flexibility index (Phi) is 6.54. The predicted molar refractivity (Wildman–Crippen MR) is 75.9 cm³/mol. The predicted octanol–water partition coefficient (Wildman–Crippen LogP) is 4.49. The number of hydrogen-bond donors (Lipinski definition) is 0. The first-order valence-electron chi connectivity index (χ1n) is 7.31. The van der Waals surface area contributed by atoms with Crippen LogP contribution >= 0.6 is 0 Å². The summed E-state index contributed by atoms with van der Waals surface area (Å²) in [5.41, 5.74) is -0.811. The van der Waals surface area contributed by atoms with Crippen LogP contribution < -0.4 is 0 Å². The molecular formula is C16H19F3N2O. The molecular weight excluding hydrogens is 293 g/mol. The maximum Gasteiger partial charge on any atom is 0.417 e. The van der Waals surface area contributed by atoms with Crippen molar-refractivity contribution in [2.24, 2.45) is 5.92 Å². The number of ketones is 1. The molecule has 0 saturated heterocycles. The largest absolute Gasteiger partial charge is 0.417 e. The lowest BCUT2D eigenvalue weighted by molar-refractivity contribution is -0.137. The summed E-state index contributed by atoms with van der Waals surface area (Å²) in [6, 6.07) is 3.84. The van der Waals surface area contributed by atoms with E-state index in [0.29, 0.717) is 19.0 Å². The zero-order valence-electron chi connectivity index (χ0n) is 12.7. The van der Waals surface area contributed by atoms with E-state index in [4.69, 9.17) is 0 Å². The third kappa shape index (κ3) is 4.55. The Morgan fingerprint density at radius 1 is 1.36 bits per heavy atom. The molecule has 2 atom stereocenters. The van der Waals surface area contributed by atoms with Gasteiger partial charge in [-0.2, -0.15) is 18.4 Å². The van der Waals surface area contributed by atoms with E-state index in [1.54, 1.807) is 0 Å². The number of hydrogen-bond acceptors (Lipinski definition) is 3. The summed E-state index contributed by atoms with van der Waals surface area (Å²) in [6.07, 6.45) is -0.699. The van der Waals surface area contributed by atoms with Gasteiger partial charge in [0.2, 0.25) is 0 Å². The Labute approximate surface area is 128 Å². The summed E-state index contributed by atoms with van der Waals surface area (Å²) in [6.45, 7) is 3.88. The van der Waals surface area contributed by atoms with Gasteiger partial charge in [0.25, 0.3) is 0 Å². The highest BCUT2D eigenvalue weighted by molar-refractivity contribution is 5.89. The van der Waals surface area contributed by atoms with Crippen molar-refractivity contribution in [1.29, 1.82) is 5.26 Å². The van der Waals surface area contributed by atoms with E-state index in [1.165, 1.54) is 0 Å². The van der Waals surface area contributed by atoms with Crippen molar-refractivity contribution in [2.75, 3.05) is 0 Å². The van der Waals surface area contributed by atoms with E-state index in [-0.39, 0.29) is 17.4 Å². The topological polar surface area (TPSA) is 53.8 Å². The van der Waals surface area contributed by atoms with Crippen LogP contribution in [0.2, 0.25) is 0 Å². The van der Waals surface area contributed by atoms with Crippen molar-refractivity contribution in [3.05, 3.63) is 29.6 Å². The Morgan fingerprint density at radius 3 is 2.45 bits per heavy atom. The van der Waals surface area contributed by atoms with Crippen LogP contribution in [0.15, 0.2) is 18.3 Å². The van der Waals surface area contributed by atoms with Gasteiger partial charge in [-0.3, -0.25) is 9.78 Å². The second kappa shape index (κ2) is 7.92. The number of carbonyl (C=O) groups excluding carboxylic acids is 1. The fourth-order valence-electron chi connectivity index (χ4n) is 2.25. The Morgan fingerprint density at radius 2 is 2.05 bits per heavy atom. The highest BCUT2D eigenvalue weighted by Gasteiger charge is 2.32. The molecule has 1 rings (SSSR count). The number of alkyl halides is 3. The van der Waals surface area contributed by atoms with Gasteiger partial charge in [0, 0.05) is 12.1 Å². The number of unbranched alkanes of at least 4 members (excludes halogenated alkanes) is 1. The average Bonchev–Trinajstić information content (AvgIpc) is 2.48. The number of nitriles is 1. The molecule has 0 saturated carbocycles. The van der Waals surface area contributed by atoms with Crippen molar-refractivity contribution in [2.45, 2.75) is 51.6 Å². The first-order chi connectivity index (χ1) is 10.3. The normalized spacial score (nSPS) is 14.2. The third-order valence-corrected chi connectivity index (χ3v) is 3.62. The highest BCUT2D eigenvalue weighted by Crippen LogP contribution is 2.30. The Balaban J connectivity index is 2.96. The molecule has 0 fully saturated rings. The lowest BCUT2D eigenvalue weighted by atomic mass is 9.86. The van der Waals surface area contributed by atoms with Crippen molar-refractivity contribution in [1.82, 2.24) is 4.98 Å². The number of aromatic nitrogens is 1. The average molecular weight is 312 g/mol. The molecule has 0 radical (unpaired) electrons. The molecule has 1 heterocycles. The first-order valence-corrected chi connectivity index (χ1v) is 7.31. The summed E-state index contributed by atoms with van der Waals surface area (Å²) in [5.74, 6) is -1.62. The SMILES string of the molecule is CCCCC(CC)C(=O)C(C#N)c1ccc(C(F)(F)F)cn1. The fraction of sp³-hybridized carbons (Fsp3) is 0.562. The van der Waals surface area contributed by atoms with Crippen LogP contribution in [0.1, 0.15) is 56.7 Å². The quantitative estimate of drug-likeness (QED) is 0.745. The Hall–Kier alpha value is -1.90. The molecule has 120 valence electrons. The van der Waals surface area contributed by atoms with Crippen LogP contribution in [0.4, 0.5) is 13.2 Å². The zero-order valence-corrected chi connectivity index (χ0v) is 12.7. The molecule has 0 spiro atoms.